The van der Waals surface area contributed by atoms with Crippen LogP contribution in [0.1, 0.15) is 51.0 Å². The van der Waals surface area contributed by atoms with Crippen molar-refractivity contribution in [2.45, 2.75) is 51.0 Å². The first-order valence-corrected chi connectivity index (χ1v) is 9.65. The van der Waals surface area contributed by atoms with E-state index in [1.54, 1.807) is 12.3 Å². The molecule has 1 saturated carbocycles. The first kappa shape index (κ1) is 16.5. The lowest BCUT2D eigenvalue weighted by Gasteiger charge is -2.25. The number of pyridine rings is 1. The van der Waals surface area contributed by atoms with Crippen molar-refractivity contribution < 1.29 is 0 Å². The van der Waals surface area contributed by atoms with E-state index in [-0.39, 0.29) is 5.43 Å². The predicted molar refractivity (Wildman–Crippen MR) is 100 cm³/mol. The van der Waals surface area contributed by atoms with E-state index in [2.05, 4.69) is 19.8 Å². The number of fused-ring (bicyclic) bond motifs is 1. The second-order valence-electron chi connectivity index (χ2n) is 7.29. The molecule has 2 fully saturated rings. The van der Waals surface area contributed by atoms with Gasteiger partial charge in [0.15, 0.2) is 5.43 Å². The molecule has 134 valence electrons. The minimum Gasteiger partial charge on any atom is -0.353 e. The Labute approximate surface area is 148 Å². The minimum atomic E-state index is 0.00526. The van der Waals surface area contributed by atoms with Gasteiger partial charge in [0, 0.05) is 37.6 Å². The van der Waals surface area contributed by atoms with Crippen molar-refractivity contribution in [3.8, 4) is 0 Å². The highest BCUT2D eigenvalue weighted by Crippen LogP contribution is 2.29. The van der Waals surface area contributed by atoms with Crippen molar-refractivity contribution in [1.29, 1.82) is 0 Å². The normalized spacial score (nSPS) is 19.5. The zero-order valence-corrected chi connectivity index (χ0v) is 14.8. The zero-order valence-electron chi connectivity index (χ0n) is 14.8. The summed E-state index contributed by atoms with van der Waals surface area (Å²) in [5.41, 5.74) is 0.781. The summed E-state index contributed by atoms with van der Waals surface area (Å²) in [7, 11) is 0. The number of aromatic nitrogens is 3. The quantitative estimate of drug-likeness (QED) is 0.906. The third-order valence-electron chi connectivity index (χ3n) is 5.54. The average Bonchev–Trinajstić information content (AvgIpc) is 3.16. The summed E-state index contributed by atoms with van der Waals surface area (Å²) in [6, 6.07) is 2.10. The fraction of sp³-hybridized carbons (Fsp3) is 0.632. The number of rotatable bonds is 5. The first-order valence-electron chi connectivity index (χ1n) is 9.65. The van der Waals surface area contributed by atoms with Crippen molar-refractivity contribution in [3.63, 3.8) is 0 Å². The second kappa shape index (κ2) is 7.52. The lowest BCUT2D eigenvalue weighted by Crippen LogP contribution is -2.26. The van der Waals surface area contributed by atoms with Crippen LogP contribution in [0.25, 0.3) is 11.0 Å². The van der Waals surface area contributed by atoms with Crippen LogP contribution in [0, 0.1) is 0 Å². The summed E-state index contributed by atoms with van der Waals surface area (Å²) < 4.78 is 2.20. The number of nitrogens with one attached hydrogen (secondary N) is 1. The van der Waals surface area contributed by atoms with Crippen LogP contribution in [0.15, 0.2) is 23.3 Å². The zero-order chi connectivity index (χ0) is 17.1. The fourth-order valence-corrected chi connectivity index (χ4v) is 4.12. The molecule has 0 spiro atoms. The third-order valence-corrected chi connectivity index (χ3v) is 5.54. The Morgan fingerprint density at radius 3 is 2.72 bits per heavy atom. The summed E-state index contributed by atoms with van der Waals surface area (Å²) in [4.78, 5) is 23.7. The Morgan fingerprint density at radius 1 is 1.12 bits per heavy atom. The Morgan fingerprint density at radius 2 is 1.92 bits per heavy atom. The van der Waals surface area contributed by atoms with Crippen molar-refractivity contribution in [2.24, 2.45) is 0 Å². The predicted octanol–water partition coefficient (Wildman–Crippen LogP) is 2.80. The molecule has 4 rings (SSSR count). The summed E-state index contributed by atoms with van der Waals surface area (Å²) in [5.74, 6) is 0.627. The lowest BCUT2D eigenvalue weighted by molar-refractivity contribution is 0.352. The molecule has 1 aliphatic carbocycles. The largest absolute Gasteiger partial charge is 0.353 e. The molecule has 6 heteroatoms. The van der Waals surface area contributed by atoms with E-state index >= 15 is 0 Å². The highest BCUT2D eigenvalue weighted by molar-refractivity contribution is 5.75. The standard InChI is InChI=1S/C19H27N5O/c25-17-8-12-24(15-6-2-1-3-7-15)18-16(17)14-21-19(22-18)20-9-13-23-10-4-5-11-23/h8,12,14-15H,1-7,9-11,13H2,(H,20,21,22). The van der Waals surface area contributed by atoms with Crippen LogP contribution >= 0.6 is 0 Å². The average molecular weight is 341 g/mol. The fourth-order valence-electron chi connectivity index (χ4n) is 4.12. The maximum Gasteiger partial charge on any atom is 0.224 e. The molecule has 0 amide bonds. The number of anilines is 1. The molecule has 1 N–H and O–H groups in total. The molecular formula is C19H27N5O. The molecule has 2 aliphatic rings. The second-order valence-corrected chi connectivity index (χ2v) is 7.29. The smallest absolute Gasteiger partial charge is 0.224 e. The number of hydrogen-bond donors (Lipinski definition) is 1. The van der Waals surface area contributed by atoms with Gasteiger partial charge in [-0.2, -0.15) is 4.98 Å². The van der Waals surface area contributed by atoms with E-state index in [1.807, 2.05) is 6.20 Å². The Balaban J connectivity index is 1.55. The van der Waals surface area contributed by atoms with E-state index in [1.165, 1.54) is 58.0 Å². The van der Waals surface area contributed by atoms with Gasteiger partial charge < -0.3 is 14.8 Å². The van der Waals surface area contributed by atoms with Gasteiger partial charge in [-0.25, -0.2) is 4.98 Å². The summed E-state index contributed by atoms with van der Waals surface area (Å²) in [6.45, 7) is 4.25. The van der Waals surface area contributed by atoms with E-state index in [0.717, 1.165) is 18.7 Å². The van der Waals surface area contributed by atoms with Crippen LogP contribution in [0.2, 0.25) is 0 Å². The van der Waals surface area contributed by atoms with Crippen molar-refractivity contribution in [3.05, 3.63) is 28.7 Å². The molecule has 25 heavy (non-hydrogen) atoms. The van der Waals surface area contributed by atoms with E-state index in [0.29, 0.717) is 17.4 Å². The number of likely N-dealkylation sites (tertiary alicyclic amines) is 1. The SMILES string of the molecule is O=c1ccn(C2CCCCC2)c2nc(NCCN3CCCC3)ncc12. The van der Waals surface area contributed by atoms with Crippen molar-refractivity contribution in [2.75, 3.05) is 31.5 Å². The molecule has 1 saturated heterocycles. The Bertz CT molecular complexity index is 775. The Hall–Kier alpha value is -1.95. The third kappa shape index (κ3) is 3.68. The molecule has 0 bridgehead atoms. The summed E-state index contributed by atoms with van der Waals surface area (Å²) >= 11 is 0. The molecule has 2 aromatic heterocycles. The molecule has 0 unspecified atom stereocenters. The van der Waals surface area contributed by atoms with Crippen molar-refractivity contribution >= 4 is 17.0 Å². The van der Waals surface area contributed by atoms with Gasteiger partial charge in [-0.05, 0) is 38.8 Å². The molecule has 0 atom stereocenters. The monoisotopic (exact) mass is 341 g/mol. The summed E-state index contributed by atoms with van der Waals surface area (Å²) in [5, 5.41) is 3.96. The van der Waals surface area contributed by atoms with Gasteiger partial charge in [-0.3, -0.25) is 4.79 Å². The maximum atomic E-state index is 12.2. The molecule has 3 heterocycles. The minimum absolute atomic E-state index is 0.00526. The van der Waals surface area contributed by atoms with Crippen molar-refractivity contribution in [1.82, 2.24) is 19.4 Å². The molecule has 0 aromatic carbocycles. The van der Waals surface area contributed by atoms with Gasteiger partial charge in [0.05, 0.1) is 5.39 Å². The van der Waals surface area contributed by atoms with Crippen LogP contribution in [0.4, 0.5) is 5.95 Å². The van der Waals surface area contributed by atoms with Crippen LogP contribution in [-0.4, -0.2) is 45.6 Å². The van der Waals surface area contributed by atoms with Gasteiger partial charge in [0.2, 0.25) is 5.95 Å². The van der Waals surface area contributed by atoms with Crippen LogP contribution in [0.3, 0.4) is 0 Å². The van der Waals surface area contributed by atoms with Gasteiger partial charge in [-0.15, -0.1) is 0 Å². The molecule has 0 radical (unpaired) electrons. The lowest BCUT2D eigenvalue weighted by atomic mass is 9.95. The van der Waals surface area contributed by atoms with Crippen LogP contribution in [0.5, 0.6) is 0 Å². The first-order chi connectivity index (χ1) is 12.3. The molecule has 1 aliphatic heterocycles. The van der Waals surface area contributed by atoms with Gasteiger partial charge >= 0.3 is 0 Å². The highest BCUT2D eigenvalue weighted by atomic mass is 16.1. The maximum absolute atomic E-state index is 12.2. The topological polar surface area (TPSA) is 63.1 Å². The molecular weight excluding hydrogens is 314 g/mol. The van der Waals surface area contributed by atoms with E-state index in [9.17, 15) is 4.79 Å². The highest BCUT2D eigenvalue weighted by Gasteiger charge is 2.18. The van der Waals surface area contributed by atoms with Gasteiger partial charge in [-0.1, -0.05) is 19.3 Å². The van der Waals surface area contributed by atoms with Gasteiger partial charge in [0.25, 0.3) is 0 Å². The molecule has 2 aromatic rings. The van der Waals surface area contributed by atoms with Gasteiger partial charge in [0.1, 0.15) is 5.65 Å². The Kier molecular flexibility index (Phi) is 4.97. The number of hydrogen-bond acceptors (Lipinski definition) is 5. The summed E-state index contributed by atoms with van der Waals surface area (Å²) in [6.07, 6.45) is 12.4. The molecule has 6 nitrogen and oxygen atoms in total. The number of nitrogens with zero attached hydrogens (tertiary/aromatic N) is 4. The van der Waals surface area contributed by atoms with E-state index in [4.69, 9.17) is 4.98 Å². The van der Waals surface area contributed by atoms with Crippen LogP contribution in [-0.2, 0) is 0 Å². The van der Waals surface area contributed by atoms with Crippen LogP contribution < -0.4 is 10.7 Å². The van der Waals surface area contributed by atoms with E-state index < -0.39 is 0 Å².